The second-order valence-corrected chi connectivity index (χ2v) is 4.02. The lowest BCUT2D eigenvalue weighted by atomic mass is 10.0. The van der Waals surface area contributed by atoms with Gasteiger partial charge in [-0.2, -0.15) is 5.26 Å². The van der Waals surface area contributed by atoms with Crippen LogP contribution in [0.3, 0.4) is 0 Å². The van der Waals surface area contributed by atoms with Crippen LogP contribution in [-0.2, 0) is 0 Å². The summed E-state index contributed by atoms with van der Waals surface area (Å²) in [6, 6.07) is 8.43. The summed E-state index contributed by atoms with van der Waals surface area (Å²) >= 11 is 0. The Bertz CT molecular complexity index is 521. The average molecular weight is 214 g/mol. The minimum absolute atomic E-state index is 0.137. The number of aromatic nitrogens is 2. The lowest BCUT2D eigenvalue weighted by Gasteiger charge is -2.22. The molecular formula is C12H14N4. The summed E-state index contributed by atoms with van der Waals surface area (Å²) in [5.41, 5.74) is 3.11. The summed E-state index contributed by atoms with van der Waals surface area (Å²) in [6.07, 6.45) is 2.18. The van der Waals surface area contributed by atoms with E-state index in [1.165, 1.54) is 0 Å². The number of nitrogens with zero attached hydrogens (tertiary/aromatic N) is 3. The predicted octanol–water partition coefficient (Wildman–Crippen LogP) is 2.08. The van der Waals surface area contributed by atoms with Crippen LogP contribution in [0.5, 0.6) is 0 Å². The van der Waals surface area contributed by atoms with Crippen molar-refractivity contribution in [3.05, 3.63) is 30.1 Å². The van der Waals surface area contributed by atoms with E-state index < -0.39 is 0 Å². The number of fused-ring (bicyclic) bond motifs is 1. The van der Waals surface area contributed by atoms with Crippen LogP contribution in [0.2, 0.25) is 0 Å². The first kappa shape index (κ1) is 10.7. The molecule has 0 saturated carbocycles. The topological polar surface area (TPSA) is 55.7 Å². The van der Waals surface area contributed by atoms with Crippen LogP contribution in [0.25, 0.3) is 11.0 Å². The van der Waals surface area contributed by atoms with Gasteiger partial charge in [-0.1, -0.05) is 6.07 Å². The quantitative estimate of drug-likeness (QED) is 0.851. The van der Waals surface area contributed by atoms with Gasteiger partial charge in [0.25, 0.3) is 0 Å². The maximum absolute atomic E-state index is 8.82. The molecule has 0 spiro atoms. The largest absolute Gasteiger partial charge is 0.345 e. The van der Waals surface area contributed by atoms with Gasteiger partial charge < -0.3 is 9.88 Å². The van der Waals surface area contributed by atoms with Gasteiger partial charge in [0.1, 0.15) is 0 Å². The second-order valence-electron chi connectivity index (χ2n) is 4.02. The smallest absolute Gasteiger partial charge is 0.0931 e. The lowest BCUT2D eigenvalue weighted by molar-refractivity contribution is 0.303. The zero-order valence-corrected chi connectivity index (χ0v) is 9.44. The number of rotatable bonds is 3. The highest BCUT2D eigenvalue weighted by molar-refractivity contribution is 5.75. The highest BCUT2D eigenvalue weighted by Gasteiger charge is 2.14. The van der Waals surface area contributed by atoms with Crippen molar-refractivity contribution in [3.63, 3.8) is 0 Å². The maximum Gasteiger partial charge on any atom is 0.0931 e. The van der Waals surface area contributed by atoms with Crippen LogP contribution in [0.1, 0.15) is 18.0 Å². The number of nitrogens with one attached hydrogen (secondary N) is 1. The highest BCUT2D eigenvalue weighted by Crippen LogP contribution is 2.23. The van der Waals surface area contributed by atoms with Gasteiger partial charge in [-0.3, -0.25) is 0 Å². The zero-order chi connectivity index (χ0) is 11.5. The molecule has 4 heteroatoms. The molecule has 0 aliphatic rings. The maximum atomic E-state index is 8.82. The third-order valence-electron chi connectivity index (χ3n) is 2.74. The Morgan fingerprint density at radius 1 is 1.50 bits per heavy atom. The van der Waals surface area contributed by atoms with E-state index in [1.54, 1.807) is 6.33 Å². The predicted molar refractivity (Wildman–Crippen MR) is 62.8 cm³/mol. The molecule has 2 rings (SSSR count). The van der Waals surface area contributed by atoms with Crippen LogP contribution in [0, 0.1) is 11.3 Å². The number of aromatic amines is 1. The van der Waals surface area contributed by atoms with Gasteiger partial charge in [0, 0.05) is 6.04 Å². The Morgan fingerprint density at radius 3 is 3.00 bits per heavy atom. The van der Waals surface area contributed by atoms with Crippen molar-refractivity contribution in [1.82, 2.24) is 14.9 Å². The van der Waals surface area contributed by atoms with Crippen LogP contribution in [-0.4, -0.2) is 29.0 Å². The first-order valence-corrected chi connectivity index (χ1v) is 5.19. The Balaban J connectivity index is 2.40. The molecule has 1 unspecified atom stereocenters. The summed E-state index contributed by atoms with van der Waals surface area (Å²) in [4.78, 5) is 9.32. The lowest BCUT2D eigenvalue weighted by Crippen LogP contribution is -2.19. The summed E-state index contributed by atoms with van der Waals surface area (Å²) in [5, 5.41) is 8.82. The molecule has 0 aliphatic carbocycles. The van der Waals surface area contributed by atoms with Gasteiger partial charge in [-0.05, 0) is 31.8 Å². The fraction of sp³-hybridized carbons (Fsp3) is 0.333. The molecule has 16 heavy (non-hydrogen) atoms. The molecule has 0 radical (unpaired) electrons. The first-order valence-electron chi connectivity index (χ1n) is 5.19. The molecule has 1 heterocycles. The fourth-order valence-corrected chi connectivity index (χ4v) is 1.85. The summed E-state index contributed by atoms with van der Waals surface area (Å²) in [6.45, 7) is 0. The minimum Gasteiger partial charge on any atom is -0.345 e. The Hall–Kier alpha value is -1.86. The van der Waals surface area contributed by atoms with E-state index in [0.29, 0.717) is 6.42 Å². The normalized spacial score (nSPS) is 12.9. The molecule has 1 atom stereocenters. The van der Waals surface area contributed by atoms with Crippen LogP contribution >= 0.6 is 0 Å². The molecule has 0 saturated heterocycles. The number of hydrogen-bond acceptors (Lipinski definition) is 3. The molecule has 0 amide bonds. The van der Waals surface area contributed by atoms with Gasteiger partial charge in [0.2, 0.25) is 0 Å². The minimum atomic E-state index is 0.137. The van der Waals surface area contributed by atoms with Crippen LogP contribution in [0.4, 0.5) is 0 Å². The summed E-state index contributed by atoms with van der Waals surface area (Å²) < 4.78 is 0. The zero-order valence-electron chi connectivity index (χ0n) is 9.44. The summed E-state index contributed by atoms with van der Waals surface area (Å²) in [7, 11) is 3.97. The summed E-state index contributed by atoms with van der Waals surface area (Å²) in [5.74, 6) is 0. The molecule has 4 nitrogen and oxygen atoms in total. The molecular weight excluding hydrogens is 200 g/mol. The number of nitriles is 1. The van der Waals surface area contributed by atoms with E-state index in [-0.39, 0.29) is 6.04 Å². The Labute approximate surface area is 94.5 Å². The fourth-order valence-electron chi connectivity index (χ4n) is 1.85. The van der Waals surface area contributed by atoms with Crippen molar-refractivity contribution in [2.45, 2.75) is 12.5 Å². The number of benzene rings is 1. The van der Waals surface area contributed by atoms with Crippen molar-refractivity contribution in [2.75, 3.05) is 14.1 Å². The molecule has 0 bridgehead atoms. The Kier molecular flexibility index (Phi) is 2.88. The van der Waals surface area contributed by atoms with Crippen molar-refractivity contribution >= 4 is 11.0 Å². The first-order chi connectivity index (χ1) is 7.72. The van der Waals surface area contributed by atoms with Gasteiger partial charge in [0.05, 0.1) is 29.9 Å². The molecule has 1 aromatic heterocycles. The third-order valence-corrected chi connectivity index (χ3v) is 2.74. The third kappa shape index (κ3) is 1.90. The molecule has 0 aliphatic heterocycles. The van der Waals surface area contributed by atoms with Crippen molar-refractivity contribution in [2.24, 2.45) is 0 Å². The van der Waals surface area contributed by atoms with Crippen molar-refractivity contribution < 1.29 is 0 Å². The number of hydrogen-bond donors (Lipinski definition) is 1. The van der Waals surface area contributed by atoms with E-state index >= 15 is 0 Å². The molecule has 0 fully saturated rings. The number of H-pyrrole nitrogens is 1. The van der Waals surface area contributed by atoms with E-state index in [0.717, 1.165) is 16.6 Å². The highest BCUT2D eigenvalue weighted by atomic mass is 15.1. The van der Waals surface area contributed by atoms with Crippen molar-refractivity contribution in [3.8, 4) is 6.07 Å². The Morgan fingerprint density at radius 2 is 2.31 bits per heavy atom. The van der Waals surface area contributed by atoms with Crippen LogP contribution < -0.4 is 0 Å². The van der Waals surface area contributed by atoms with E-state index in [4.69, 9.17) is 5.26 Å². The van der Waals surface area contributed by atoms with Gasteiger partial charge in [-0.25, -0.2) is 4.98 Å². The molecule has 1 N–H and O–H groups in total. The number of imidazole rings is 1. The van der Waals surface area contributed by atoms with Crippen molar-refractivity contribution in [1.29, 1.82) is 5.26 Å². The second kappa shape index (κ2) is 4.33. The molecule has 1 aromatic carbocycles. The van der Waals surface area contributed by atoms with Crippen LogP contribution in [0.15, 0.2) is 24.5 Å². The standard InChI is InChI=1S/C12H14N4/c1-16(2)12(5-6-13)9-3-4-10-11(7-9)15-8-14-10/h3-4,7-8,12H,5H2,1-2H3,(H,14,15). The molecule has 82 valence electrons. The monoisotopic (exact) mass is 214 g/mol. The van der Waals surface area contributed by atoms with E-state index in [1.807, 2.05) is 26.2 Å². The van der Waals surface area contributed by atoms with Gasteiger partial charge in [0.15, 0.2) is 0 Å². The van der Waals surface area contributed by atoms with Gasteiger partial charge >= 0.3 is 0 Å². The van der Waals surface area contributed by atoms with E-state index in [2.05, 4.69) is 27.0 Å². The average Bonchev–Trinajstić information content (AvgIpc) is 2.72. The SMILES string of the molecule is CN(C)C(CC#N)c1ccc2nc[nH]c2c1. The molecule has 2 aromatic rings. The van der Waals surface area contributed by atoms with E-state index in [9.17, 15) is 0 Å². The van der Waals surface area contributed by atoms with Gasteiger partial charge in [-0.15, -0.1) is 0 Å².